The smallest absolute Gasteiger partial charge is 0.185 e. The molecule has 1 aliphatic carbocycles. The van der Waals surface area contributed by atoms with Crippen LogP contribution in [-0.2, 0) is 0 Å². The Kier molecular flexibility index (Phi) is 3.50. The molecule has 0 unspecified atom stereocenters. The predicted octanol–water partition coefficient (Wildman–Crippen LogP) is 2.47. The molecule has 90 valence electrons. The molecule has 0 amide bonds. The van der Waals surface area contributed by atoms with Gasteiger partial charge in [0.1, 0.15) is 0 Å². The lowest BCUT2D eigenvalue weighted by atomic mass is 9.91. The van der Waals surface area contributed by atoms with Gasteiger partial charge in [0.2, 0.25) is 0 Å². The van der Waals surface area contributed by atoms with Crippen LogP contribution in [0.5, 0.6) is 0 Å². The van der Waals surface area contributed by atoms with Gasteiger partial charge in [-0.05, 0) is 39.5 Å². The molecule has 3 nitrogen and oxygen atoms in total. The summed E-state index contributed by atoms with van der Waals surface area (Å²) in [7, 11) is 2.17. The fourth-order valence-corrected chi connectivity index (χ4v) is 3.19. The van der Waals surface area contributed by atoms with E-state index in [1.807, 2.05) is 0 Å². The monoisotopic (exact) mass is 239 g/mol. The molecule has 1 saturated carbocycles. The first-order chi connectivity index (χ1) is 7.58. The van der Waals surface area contributed by atoms with Crippen molar-refractivity contribution in [1.29, 1.82) is 0 Å². The van der Waals surface area contributed by atoms with Crippen molar-refractivity contribution in [3.05, 3.63) is 10.6 Å². The molecular weight excluding hydrogens is 218 g/mol. The lowest BCUT2D eigenvalue weighted by Gasteiger charge is -2.33. The number of rotatable bonds is 2. The summed E-state index contributed by atoms with van der Waals surface area (Å²) in [6.07, 6.45) is 4.71. The van der Waals surface area contributed by atoms with Crippen molar-refractivity contribution < 1.29 is 0 Å². The standard InChI is InChI=1S/C12H21N3S/c1-8-9(2)16-12(14-8)15(3)11-6-4-10(13)5-7-11/h10-11H,4-7,13H2,1-3H3. The molecule has 2 rings (SSSR count). The maximum absolute atomic E-state index is 5.93. The molecule has 2 N–H and O–H groups in total. The SMILES string of the molecule is Cc1nc(N(C)C2CCC(N)CC2)sc1C. The highest BCUT2D eigenvalue weighted by Crippen LogP contribution is 2.30. The van der Waals surface area contributed by atoms with E-state index in [9.17, 15) is 0 Å². The van der Waals surface area contributed by atoms with Crippen LogP contribution >= 0.6 is 11.3 Å². The van der Waals surface area contributed by atoms with Gasteiger partial charge in [-0.2, -0.15) is 0 Å². The van der Waals surface area contributed by atoms with E-state index in [1.54, 1.807) is 11.3 Å². The third-order valence-corrected chi connectivity index (χ3v) is 4.77. The van der Waals surface area contributed by atoms with Gasteiger partial charge in [0.15, 0.2) is 5.13 Å². The fourth-order valence-electron chi connectivity index (χ4n) is 2.25. The van der Waals surface area contributed by atoms with Crippen molar-refractivity contribution in [3.8, 4) is 0 Å². The summed E-state index contributed by atoms with van der Waals surface area (Å²) in [5.41, 5.74) is 7.10. The van der Waals surface area contributed by atoms with Crippen LogP contribution in [0, 0.1) is 13.8 Å². The molecule has 4 heteroatoms. The minimum atomic E-state index is 0.421. The van der Waals surface area contributed by atoms with Crippen LogP contribution in [0.25, 0.3) is 0 Å². The van der Waals surface area contributed by atoms with Gasteiger partial charge < -0.3 is 10.6 Å². The highest BCUT2D eigenvalue weighted by Gasteiger charge is 2.23. The van der Waals surface area contributed by atoms with Gasteiger partial charge in [-0.25, -0.2) is 4.98 Å². The second-order valence-electron chi connectivity index (χ2n) is 4.82. The quantitative estimate of drug-likeness (QED) is 0.862. The van der Waals surface area contributed by atoms with Crippen molar-refractivity contribution in [2.45, 2.75) is 51.6 Å². The number of thiazole rings is 1. The number of hydrogen-bond donors (Lipinski definition) is 1. The summed E-state index contributed by atoms with van der Waals surface area (Å²) in [6, 6.07) is 1.05. The van der Waals surface area contributed by atoms with Crippen molar-refractivity contribution in [2.24, 2.45) is 5.73 Å². The molecule has 0 aliphatic heterocycles. The first-order valence-electron chi connectivity index (χ1n) is 6.00. The lowest BCUT2D eigenvalue weighted by molar-refractivity contribution is 0.385. The third kappa shape index (κ3) is 2.38. The molecule has 0 atom stereocenters. The molecule has 1 aromatic rings. The van der Waals surface area contributed by atoms with Crippen molar-refractivity contribution in [2.75, 3.05) is 11.9 Å². The molecule has 16 heavy (non-hydrogen) atoms. The summed E-state index contributed by atoms with van der Waals surface area (Å²) in [5.74, 6) is 0. The topological polar surface area (TPSA) is 42.2 Å². The average Bonchev–Trinajstić information content (AvgIpc) is 2.59. The maximum atomic E-state index is 5.93. The van der Waals surface area contributed by atoms with E-state index in [2.05, 4.69) is 30.8 Å². The van der Waals surface area contributed by atoms with Crippen molar-refractivity contribution >= 4 is 16.5 Å². The molecular formula is C12H21N3S. The zero-order valence-electron chi connectivity index (χ0n) is 10.4. The van der Waals surface area contributed by atoms with E-state index in [0.717, 1.165) is 18.0 Å². The molecule has 0 aromatic carbocycles. The largest absolute Gasteiger partial charge is 0.348 e. The Bertz CT molecular complexity index is 334. The Morgan fingerprint density at radius 3 is 2.38 bits per heavy atom. The molecule has 1 fully saturated rings. The zero-order valence-corrected chi connectivity index (χ0v) is 11.2. The third-order valence-electron chi connectivity index (χ3n) is 3.61. The minimum absolute atomic E-state index is 0.421. The minimum Gasteiger partial charge on any atom is -0.348 e. The van der Waals surface area contributed by atoms with E-state index >= 15 is 0 Å². The van der Waals surface area contributed by atoms with Crippen molar-refractivity contribution in [1.82, 2.24) is 4.98 Å². The molecule has 0 bridgehead atoms. The Labute approximate surface area is 102 Å². The fraction of sp³-hybridized carbons (Fsp3) is 0.750. The number of nitrogens with two attached hydrogens (primary N) is 1. The molecule has 0 radical (unpaired) electrons. The number of aryl methyl sites for hydroxylation is 2. The zero-order chi connectivity index (χ0) is 11.7. The van der Waals surface area contributed by atoms with Crippen LogP contribution in [0.1, 0.15) is 36.3 Å². The van der Waals surface area contributed by atoms with Gasteiger partial charge in [0.05, 0.1) is 5.69 Å². The average molecular weight is 239 g/mol. The van der Waals surface area contributed by atoms with E-state index in [1.165, 1.54) is 23.4 Å². The van der Waals surface area contributed by atoms with Crippen LogP contribution in [0.4, 0.5) is 5.13 Å². The van der Waals surface area contributed by atoms with Gasteiger partial charge in [-0.3, -0.25) is 0 Å². The summed E-state index contributed by atoms with van der Waals surface area (Å²) < 4.78 is 0. The van der Waals surface area contributed by atoms with Gasteiger partial charge in [-0.1, -0.05) is 0 Å². The Hall–Kier alpha value is -0.610. The maximum Gasteiger partial charge on any atom is 0.185 e. The van der Waals surface area contributed by atoms with Crippen LogP contribution in [0.15, 0.2) is 0 Å². The summed E-state index contributed by atoms with van der Waals surface area (Å²) in [5, 5.41) is 1.16. The lowest BCUT2D eigenvalue weighted by Crippen LogP contribution is -2.38. The Balaban J connectivity index is 2.04. The normalized spacial score (nSPS) is 25.8. The van der Waals surface area contributed by atoms with Crippen LogP contribution in [0.2, 0.25) is 0 Å². The Morgan fingerprint density at radius 2 is 1.88 bits per heavy atom. The van der Waals surface area contributed by atoms with Gasteiger partial charge in [-0.15, -0.1) is 11.3 Å². The van der Waals surface area contributed by atoms with E-state index in [4.69, 9.17) is 5.73 Å². The number of hydrogen-bond acceptors (Lipinski definition) is 4. The number of nitrogens with zero attached hydrogens (tertiary/aromatic N) is 2. The molecule has 1 heterocycles. The summed E-state index contributed by atoms with van der Waals surface area (Å²) in [4.78, 5) is 8.29. The highest BCUT2D eigenvalue weighted by atomic mass is 32.1. The predicted molar refractivity (Wildman–Crippen MR) is 70.2 cm³/mol. The molecule has 1 aliphatic rings. The number of anilines is 1. The van der Waals surface area contributed by atoms with Gasteiger partial charge in [0, 0.05) is 24.0 Å². The molecule has 1 aromatic heterocycles. The second kappa shape index (κ2) is 4.72. The first-order valence-corrected chi connectivity index (χ1v) is 6.82. The van der Waals surface area contributed by atoms with Crippen LogP contribution < -0.4 is 10.6 Å². The highest BCUT2D eigenvalue weighted by molar-refractivity contribution is 7.15. The molecule has 0 spiro atoms. The van der Waals surface area contributed by atoms with Crippen molar-refractivity contribution in [3.63, 3.8) is 0 Å². The van der Waals surface area contributed by atoms with E-state index < -0.39 is 0 Å². The van der Waals surface area contributed by atoms with Gasteiger partial charge in [0.25, 0.3) is 0 Å². The van der Waals surface area contributed by atoms with Crippen LogP contribution in [0.3, 0.4) is 0 Å². The summed E-state index contributed by atoms with van der Waals surface area (Å²) in [6.45, 7) is 4.22. The van der Waals surface area contributed by atoms with Crippen LogP contribution in [-0.4, -0.2) is 24.1 Å². The van der Waals surface area contributed by atoms with E-state index in [0.29, 0.717) is 12.1 Å². The number of aromatic nitrogens is 1. The summed E-state index contributed by atoms with van der Waals surface area (Å²) >= 11 is 1.80. The Morgan fingerprint density at radius 1 is 1.25 bits per heavy atom. The first kappa shape index (κ1) is 11.9. The molecule has 0 saturated heterocycles. The second-order valence-corrected chi connectivity index (χ2v) is 6.00. The van der Waals surface area contributed by atoms with E-state index in [-0.39, 0.29) is 0 Å². The van der Waals surface area contributed by atoms with Gasteiger partial charge >= 0.3 is 0 Å².